The van der Waals surface area contributed by atoms with Gasteiger partial charge in [0.25, 0.3) is 0 Å². The molecule has 3 nitrogen and oxygen atoms in total. The quantitative estimate of drug-likeness (QED) is 0.197. The highest BCUT2D eigenvalue weighted by Crippen LogP contribution is 2.51. The van der Waals surface area contributed by atoms with Crippen molar-refractivity contribution in [2.24, 2.45) is 0 Å². The Labute approximate surface area is 228 Å². The van der Waals surface area contributed by atoms with Crippen LogP contribution in [0.4, 0.5) is 0 Å². The van der Waals surface area contributed by atoms with Crippen LogP contribution in [-0.2, 0) is 12.8 Å². The highest BCUT2D eigenvalue weighted by Gasteiger charge is 2.32. The fourth-order valence-electron chi connectivity index (χ4n) is 7.21. The van der Waals surface area contributed by atoms with Crippen molar-refractivity contribution < 1.29 is 15.3 Å². The summed E-state index contributed by atoms with van der Waals surface area (Å²) in [5.74, 6) is 1.10. The van der Waals surface area contributed by atoms with Gasteiger partial charge in [0.15, 0.2) is 0 Å². The highest BCUT2D eigenvalue weighted by molar-refractivity contribution is 6.09. The molecule has 5 aromatic rings. The maximum absolute atomic E-state index is 11.7. The van der Waals surface area contributed by atoms with E-state index in [1.165, 1.54) is 38.8 Å². The van der Waals surface area contributed by atoms with Crippen LogP contribution in [0.3, 0.4) is 0 Å². The van der Waals surface area contributed by atoms with Crippen molar-refractivity contribution in [3.63, 3.8) is 0 Å². The van der Waals surface area contributed by atoms with Gasteiger partial charge in [-0.15, -0.1) is 0 Å². The van der Waals surface area contributed by atoms with Gasteiger partial charge in [-0.05, 0) is 142 Å². The van der Waals surface area contributed by atoms with E-state index in [-0.39, 0.29) is 5.92 Å². The Morgan fingerprint density at radius 1 is 0.692 bits per heavy atom. The third kappa shape index (κ3) is 3.29. The lowest BCUT2D eigenvalue weighted by molar-refractivity contribution is 0.458. The van der Waals surface area contributed by atoms with Gasteiger partial charge >= 0.3 is 0 Å². The van der Waals surface area contributed by atoms with E-state index in [1.54, 1.807) is 12.1 Å². The topological polar surface area (TPSA) is 60.7 Å². The second kappa shape index (κ2) is 8.38. The molecule has 5 aromatic carbocycles. The zero-order chi connectivity index (χ0) is 27.2. The molecule has 0 saturated carbocycles. The molecular formula is C36H32O3. The van der Waals surface area contributed by atoms with Crippen molar-refractivity contribution in [2.45, 2.75) is 52.9 Å². The zero-order valence-electron chi connectivity index (χ0n) is 22.8. The fraction of sp³-hybridized carbons (Fsp3) is 0.222. The van der Waals surface area contributed by atoms with Crippen molar-refractivity contribution in [3.8, 4) is 28.4 Å². The molecule has 0 radical (unpaired) electrons. The van der Waals surface area contributed by atoms with Crippen LogP contribution in [0.15, 0.2) is 54.6 Å². The SMILES string of the molecule is Cc1cc2ccc3c(C)c(O)ccc3c2cc1[C@@H]1CC=Cc2c3c(c(C)c(O)c21)CCc1c-3ccc(O)c1C. The monoisotopic (exact) mass is 512 g/mol. The van der Waals surface area contributed by atoms with Gasteiger partial charge in [0.2, 0.25) is 0 Å². The number of hydrogen-bond acceptors (Lipinski definition) is 3. The fourth-order valence-corrected chi connectivity index (χ4v) is 7.21. The Morgan fingerprint density at radius 3 is 2.23 bits per heavy atom. The Bertz CT molecular complexity index is 1910. The number of rotatable bonds is 1. The van der Waals surface area contributed by atoms with E-state index in [4.69, 9.17) is 0 Å². The molecule has 2 aliphatic rings. The molecule has 0 unspecified atom stereocenters. The van der Waals surface area contributed by atoms with E-state index in [2.05, 4.69) is 56.3 Å². The summed E-state index contributed by atoms with van der Waals surface area (Å²) in [6.45, 7) is 8.19. The van der Waals surface area contributed by atoms with Gasteiger partial charge in [-0.2, -0.15) is 0 Å². The second-order valence-electron chi connectivity index (χ2n) is 11.4. The van der Waals surface area contributed by atoms with Gasteiger partial charge in [-0.1, -0.05) is 42.5 Å². The number of hydrogen-bond donors (Lipinski definition) is 3. The normalized spacial score (nSPS) is 15.8. The van der Waals surface area contributed by atoms with Crippen LogP contribution in [0.2, 0.25) is 0 Å². The average molecular weight is 513 g/mol. The molecule has 194 valence electrons. The smallest absolute Gasteiger partial charge is 0.123 e. The Balaban J connectivity index is 1.50. The van der Waals surface area contributed by atoms with Gasteiger partial charge in [-0.3, -0.25) is 0 Å². The minimum Gasteiger partial charge on any atom is -0.508 e. The summed E-state index contributed by atoms with van der Waals surface area (Å²) in [7, 11) is 0. The molecule has 0 spiro atoms. The van der Waals surface area contributed by atoms with Crippen molar-refractivity contribution in [1.82, 2.24) is 0 Å². The Kier molecular flexibility index (Phi) is 5.12. The summed E-state index contributed by atoms with van der Waals surface area (Å²) in [6.07, 6.45) is 6.97. The lowest BCUT2D eigenvalue weighted by atomic mass is 9.72. The van der Waals surface area contributed by atoms with Crippen molar-refractivity contribution >= 4 is 27.6 Å². The first-order chi connectivity index (χ1) is 18.8. The first-order valence-electron chi connectivity index (χ1n) is 13.8. The van der Waals surface area contributed by atoms with Crippen molar-refractivity contribution in [1.29, 1.82) is 0 Å². The Hall–Kier alpha value is -4.24. The van der Waals surface area contributed by atoms with Crippen LogP contribution >= 0.6 is 0 Å². The third-order valence-electron chi connectivity index (χ3n) is 9.41. The summed E-state index contributed by atoms with van der Waals surface area (Å²) in [6, 6.07) is 16.5. The minimum absolute atomic E-state index is 0.0236. The molecule has 0 heterocycles. The molecule has 2 aliphatic carbocycles. The molecular weight excluding hydrogens is 480 g/mol. The van der Waals surface area contributed by atoms with Gasteiger partial charge in [0.05, 0.1) is 0 Å². The predicted octanol–water partition coefficient (Wildman–Crippen LogP) is 8.66. The zero-order valence-corrected chi connectivity index (χ0v) is 22.8. The highest BCUT2D eigenvalue weighted by atomic mass is 16.3. The first kappa shape index (κ1) is 23.8. The van der Waals surface area contributed by atoms with E-state index in [1.807, 2.05) is 19.9 Å². The molecule has 0 amide bonds. The second-order valence-corrected chi connectivity index (χ2v) is 11.4. The summed E-state index contributed by atoms with van der Waals surface area (Å²) < 4.78 is 0. The number of allylic oxidation sites excluding steroid dienone is 1. The van der Waals surface area contributed by atoms with Crippen LogP contribution in [-0.4, -0.2) is 15.3 Å². The molecule has 0 fully saturated rings. The van der Waals surface area contributed by atoms with E-state index in [9.17, 15) is 15.3 Å². The molecule has 1 atom stereocenters. The van der Waals surface area contributed by atoms with Crippen molar-refractivity contribution in [2.75, 3.05) is 0 Å². The van der Waals surface area contributed by atoms with E-state index >= 15 is 0 Å². The maximum Gasteiger partial charge on any atom is 0.123 e. The standard InChI is InChI=1S/C36H32O3/c1-18-16-22-8-9-23-19(2)32(37)14-12-26(23)31(22)17-30(18)27-6-5-7-29-34-25(21(4)36(39)35(27)29)11-10-24-20(3)33(38)15-13-28(24)34/h5,7-9,12-17,27,37-39H,6,10-11H2,1-4H3/t27-/m0/s1. The summed E-state index contributed by atoms with van der Waals surface area (Å²) in [5, 5.41) is 37.0. The van der Waals surface area contributed by atoms with Gasteiger partial charge in [0.1, 0.15) is 17.2 Å². The van der Waals surface area contributed by atoms with Crippen LogP contribution in [0.5, 0.6) is 17.2 Å². The molecule has 0 aliphatic heterocycles. The van der Waals surface area contributed by atoms with Crippen LogP contribution in [0.1, 0.15) is 62.4 Å². The third-order valence-corrected chi connectivity index (χ3v) is 9.41. The average Bonchev–Trinajstić information content (AvgIpc) is 2.94. The van der Waals surface area contributed by atoms with E-state index in [0.717, 1.165) is 63.2 Å². The molecule has 0 bridgehead atoms. The Morgan fingerprint density at radius 2 is 1.41 bits per heavy atom. The lowest BCUT2D eigenvalue weighted by Crippen LogP contribution is -2.15. The number of aryl methyl sites for hydroxylation is 2. The molecule has 3 heteroatoms. The largest absolute Gasteiger partial charge is 0.508 e. The van der Waals surface area contributed by atoms with Gasteiger partial charge in [0, 0.05) is 11.5 Å². The van der Waals surface area contributed by atoms with Crippen LogP contribution in [0.25, 0.3) is 38.7 Å². The number of phenolic OH excluding ortho intramolecular Hbond substituents is 3. The number of benzene rings is 5. The predicted molar refractivity (Wildman–Crippen MR) is 160 cm³/mol. The van der Waals surface area contributed by atoms with Gasteiger partial charge in [-0.25, -0.2) is 0 Å². The van der Waals surface area contributed by atoms with Gasteiger partial charge < -0.3 is 15.3 Å². The molecule has 3 N–H and O–H groups in total. The molecule has 7 rings (SSSR count). The van der Waals surface area contributed by atoms with Crippen LogP contribution < -0.4 is 0 Å². The summed E-state index contributed by atoms with van der Waals surface area (Å²) >= 11 is 0. The summed E-state index contributed by atoms with van der Waals surface area (Å²) in [5.41, 5.74) is 12.2. The molecule has 0 aromatic heterocycles. The van der Waals surface area contributed by atoms with Crippen molar-refractivity contribution in [3.05, 3.63) is 105 Å². The molecule has 39 heavy (non-hydrogen) atoms. The summed E-state index contributed by atoms with van der Waals surface area (Å²) in [4.78, 5) is 0. The lowest BCUT2D eigenvalue weighted by Gasteiger charge is -2.32. The van der Waals surface area contributed by atoms with Crippen LogP contribution in [0, 0.1) is 27.7 Å². The van der Waals surface area contributed by atoms with E-state index < -0.39 is 0 Å². The molecule has 0 saturated heterocycles. The maximum atomic E-state index is 11.7. The number of fused-ring (bicyclic) bond motifs is 8. The first-order valence-corrected chi connectivity index (χ1v) is 13.8. The number of aromatic hydroxyl groups is 3. The van der Waals surface area contributed by atoms with E-state index in [0.29, 0.717) is 17.2 Å². The minimum atomic E-state index is 0.0236. The number of phenols is 3.